The summed E-state index contributed by atoms with van der Waals surface area (Å²) in [7, 11) is 1.44. The molecule has 0 aliphatic carbocycles. The number of nitrogen functional groups attached to an aromatic ring is 1. The molecule has 0 spiro atoms. The average molecular weight is 1030 g/mol. The zero-order chi connectivity index (χ0) is 55.2. The molecule has 0 atom stereocenters. The predicted molar refractivity (Wildman–Crippen MR) is 290 cm³/mol. The Bertz CT molecular complexity index is 3140. The van der Waals surface area contributed by atoms with Crippen molar-refractivity contribution in [2.45, 2.75) is 54.9 Å². The molecule has 0 unspecified atom stereocenters. The van der Waals surface area contributed by atoms with E-state index in [1.165, 1.54) is 42.6 Å². The van der Waals surface area contributed by atoms with E-state index >= 15 is 0 Å². The molecule has 0 aliphatic rings. The Morgan fingerprint density at radius 3 is 1.68 bits per heavy atom. The number of hydrogen-bond acceptors (Lipinski definition) is 11. The molecular formula is C57H64F2N9O7+. The number of methoxy groups -OCH3 is 1. The number of nitrogens with one attached hydrogen (secondary N) is 2. The quantitative estimate of drug-likeness (QED) is 0.0560. The van der Waals surface area contributed by atoms with Crippen LogP contribution in [-0.2, 0) is 20.8 Å². The molecule has 16 nitrogen and oxygen atoms in total. The summed E-state index contributed by atoms with van der Waals surface area (Å²) in [6.45, 7) is 13.6. The summed E-state index contributed by atoms with van der Waals surface area (Å²) < 4.78 is 43.6. The molecule has 3 amide bonds. The highest BCUT2D eigenvalue weighted by Crippen LogP contribution is 2.40. The van der Waals surface area contributed by atoms with Crippen LogP contribution in [0.2, 0.25) is 0 Å². The van der Waals surface area contributed by atoms with Crippen molar-refractivity contribution in [2.75, 3.05) is 36.7 Å². The van der Waals surface area contributed by atoms with Gasteiger partial charge < -0.3 is 47.8 Å². The second-order valence-electron chi connectivity index (χ2n) is 16.7. The number of anilines is 4. The standard InChI is InChI=1S/C25H25FN4O2.C10H11NO4.C9H11NO.C8H11N.C5H5FN2/c1-4-17-9-6-10-19(32-14-20(27)31)22(17)24-25(29-23-15(2)7-5-8-16(23)3)30-13-18(26)11-12-21(30)28-24;1-14-8-3-2-4-9(7(8)5-12)15-6-10(11)13;1-7-4-3-5-8(2)9(7)10-6-11;1-6-4-3-5-7(2)8(6)9;6-4-1-2-5(7)8-3-4/h5-13,29H,4,14H2,1-3H3,(H2,27,31);2-5H,6H2,1H3,(H2,11,13);3-6H,1-2H3,(H,10,11);3-5H,9H2,1-2H3;1-3H,(H2,7,8)/p+1. The molecule has 0 saturated heterocycles. The third-order valence-electron chi connectivity index (χ3n) is 11.2. The summed E-state index contributed by atoms with van der Waals surface area (Å²) in [5.74, 6) is 0.220. The van der Waals surface area contributed by atoms with E-state index in [2.05, 4.69) is 53.4 Å². The van der Waals surface area contributed by atoms with Crippen molar-refractivity contribution in [1.29, 1.82) is 0 Å². The molecule has 0 fully saturated rings. The molecule has 0 saturated carbocycles. The molecule has 3 heterocycles. The number of ether oxygens (including phenoxy) is 3. The van der Waals surface area contributed by atoms with Crippen molar-refractivity contribution in [3.8, 4) is 28.5 Å². The first-order valence-electron chi connectivity index (χ1n) is 23.4. The number of nitrogens with zero attached hydrogens (tertiary/aromatic N) is 3. The SMILES string of the molecule is CCc1cccc(OCC(N)=O)c1-c1nc2ccc(F)cn2c1Nc1c(C)cccc1C.COc1cccc(OCC(N)=O)c1C=O.Cc1cccc(C)c1NC=O.Cc1cccc(C)c1[NH3+].Nc1ccc(F)cn1. The van der Waals surface area contributed by atoms with Crippen molar-refractivity contribution < 1.29 is 47.9 Å². The minimum atomic E-state index is -0.602. The number of nitrogens with two attached hydrogens (primary N) is 3. The van der Waals surface area contributed by atoms with E-state index in [0.717, 1.165) is 56.6 Å². The van der Waals surface area contributed by atoms with Crippen LogP contribution in [0.3, 0.4) is 0 Å². The van der Waals surface area contributed by atoms with Crippen LogP contribution in [-0.4, -0.2) is 59.2 Å². The van der Waals surface area contributed by atoms with E-state index in [9.17, 15) is 28.0 Å². The van der Waals surface area contributed by atoms with Gasteiger partial charge in [0.25, 0.3) is 11.8 Å². The number of carbonyl (C=O) groups excluding carboxylic acids is 4. The molecule has 392 valence electrons. The van der Waals surface area contributed by atoms with Gasteiger partial charge in [0.2, 0.25) is 6.41 Å². The summed E-state index contributed by atoms with van der Waals surface area (Å²) >= 11 is 0. The van der Waals surface area contributed by atoms with Gasteiger partial charge >= 0.3 is 0 Å². The molecule has 5 aromatic carbocycles. The predicted octanol–water partition coefficient (Wildman–Crippen LogP) is 9.15. The number of carbonyl (C=O) groups is 4. The number of hydrogen-bond donors (Lipinski definition) is 6. The van der Waals surface area contributed by atoms with E-state index in [4.69, 9.17) is 36.4 Å². The number of benzene rings is 5. The van der Waals surface area contributed by atoms with Crippen LogP contribution in [0.5, 0.6) is 17.2 Å². The van der Waals surface area contributed by atoms with Gasteiger partial charge in [-0.1, -0.05) is 79.7 Å². The smallest absolute Gasteiger partial charge is 0.255 e. The van der Waals surface area contributed by atoms with Crippen LogP contribution >= 0.6 is 0 Å². The van der Waals surface area contributed by atoms with Gasteiger partial charge in [-0.05, 0) is 118 Å². The Labute approximate surface area is 435 Å². The lowest BCUT2D eigenvalue weighted by atomic mass is 10.0. The molecule has 0 bridgehead atoms. The normalized spacial score (nSPS) is 10.1. The summed E-state index contributed by atoms with van der Waals surface area (Å²) in [5, 5.41) is 6.15. The number of amides is 3. The number of fused-ring (bicyclic) bond motifs is 1. The Kier molecular flexibility index (Phi) is 22.4. The van der Waals surface area contributed by atoms with Crippen molar-refractivity contribution in [3.63, 3.8) is 0 Å². The number of aldehydes is 1. The third kappa shape index (κ3) is 17.0. The lowest BCUT2D eigenvalue weighted by Gasteiger charge is -2.17. The summed E-state index contributed by atoms with van der Waals surface area (Å²) in [6.07, 6.45) is 4.51. The molecule has 75 heavy (non-hydrogen) atoms. The number of rotatable bonds is 14. The fraction of sp³-hybridized carbons (Fsp3) is 0.193. The third-order valence-corrected chi connectivity index (χ3v) is 11.2. The molecule has 0 aliphatic heterocycles. The monoisotopic (exact) mass is 1020 g/mol. The zero-order valence-corrected chi connectivity index (χ0v) is 43.3. The van der Waals surface area contributed by atoms with Gasteiger partial charge in [-0.3, -0.25) is 23.6 Å². The van der Waals surface area contributed by atoms with Crippen LogP contribution in [0.1, 0.15) is 56.2 Å². The lowest BCUT2D eigenvalue weighted by Crippen LogP contribution is -2.42. The average Bonchev–Trinajstić information content (AvgIpc) is 3.74. The van der Waals surface area contributed by atoms with Gasteiger partial charge in [-0.2, -0.15) is 0 Å². The second-order valence-corrected chi connectivity index (χ2v) is 16.7. The summed E-state index contributed by atoms with van der Waals surface area (Å²) in [6, 6.07) is 34.3. The Balaban J connectivity index is 0.000000233. The van der Waals surface area contributed by atoms with Gasteiger partial charge in [-0.25, -0.2) is 18.7 Å². The van der Waals surface area contributed by atoms with E-state index in [0.29, 0.717) is 53.6 Å². The van der Waals surface area contributed by atoms with Gasteiger partial charge in [0, 0.05) is 34.3 Å². The van der Waals surface area contributed by atoms with Crippen molar-refractivity contribution in [1.82, 2.24) is 14.4 Å². The number of halogens is 2. The number of aromatic nitrogens is 3. The van der Waals surface area contributed by atoms with E-state index in [1.54, 1.807) is 34.7 Å². The van der Waals surface area contributed by atoms with Gasteiger partial charge in [0.1, 0.15) is 57.5 Å². The van der Waals surface area contributed by atoms with Gasteiger partial charge in [0.05, 0.1) is 18.9 Å². The van der Waals surface area contributed by atoms with E-state index < -0.39 is 11.8 Å². The zero-order valence-electron chi connectivity index (χ0n) is 43.3. The first kappa shape index (κ1) is 58.4. The van der Waals surface area contributed by atoms with Crippen molar-refractivity contribution in [3.05, 3.63) is 184 Å². The number of imidazole rings is 1. The first-order valence-corrected chi connectivity index (χ1v) is 23.4. The largest absolute Gasteiger partial charge is 0.496 e. The highest BCUT2D eigenvalue weighted by molar-refractivity contribution is 5.86. The van der Waals surface area contributed by atoms with E-state index in [-0.39, 0.29) is 36.2 Å². The van der Waals surface area contributed by atoms with Crippen molar-refractivity contribution >= 4 is 58.9 Å². The minimum Gasteiger partial charge on any atom is -0.496 e. The highest BCUT2D eigenvalue weighted by Gasteiger charge is 2.22. The molecule has 8 aromatic rings. The number of aryl methyl sites for hydroxylation is 7. The van der Waals surface area contributed by atoms with Gasteiger partial charge in [-0.15, -0.1) is 0 Å². The Morgan fingerprint density at radius 2 is 1.19 bits per heavy atom. The first-order chi connectivity index (χ1) is 35.8. The highest BCUT2D eigenvalue weighted by atomic mass is 19.1. The maximum absolute atomic E-state index is 14.2. The van der Waals surface area contributed by atoms with Crippen molar-refractivity contribution in [2.24, 2.45) is 11.5 Å². The van der Waals surface area contributed by atoms with Crippen LogP contribution in [0.25, 0.3) is 16.9 Å². The second kappa shape index (κ2) is 28.8. The summed E-state index contributed by atoms with van der Waals surface area (Å²) in [5.41, 5.74) is 32.3. The topological polar surface area (TPSA) is 256 Å². The lowest BCUT2D eigenvalue weighted by molar-refractivity contribution is -0.256. The number of primary amides is 2. The van der Waals surface area contributed by atoms with E-state index in [1.807, 2.05) is 83.1 Å². The molecule has 3 aromatic heterocycles. The minimum absolute atomic E-state index is 0.248. The fourth-order valence-corrected chi connectivity index (χ4v) is 7.28. The Morgan fingerprint density at radius 1 is 0.680 bits per heavy atom. The van der Waals surface area contributed by atoms with Crippen LogP contribution in [0.15, 0.2) is 128 Å². The van der Waals surface area contributed by atoms with Gasteiger partial charge in [0.15, 0.2) is 19.5 Å². The number of pyridine rings is 2. The number of quaternary nitrogens is 1. The fourth-order valence-electron chi connectivity index (χ4n) is 7.28. The molecule has 18 heteroatoms. The van der Waals surface area contributed by atoms with Crippen LogP contribution in [0, 0.1) is 53.2 Å². The van der Waals surface area contributed by atoms with Crippen LogP contribution < -0.4 is 47.8 Å². The maximum Gasteiger partial charge on any atom is 0.255 e. The molecule has 0 radical (unpaired) electrons. The molecule has 8 rings (SSSR count). The Hall–Kier alpha value is -9.16. The molecule has 11 N–H and O–H groups in total. The van der Waals surface area contributed by atoms with Crippen LogP contribution in [0.4, 0.5) is 37.5 Å². The maximum atomic E-state index is 14.2. The summed E-state index contributed by atoms with van der Waals surface area (Å²) in [4.78, 5) is 51.1. The molecular weight excluding hydrogens is 961 g/mol. The number of para-hydroxylation sites is 2.